The van der Waals surface area contributed by atoms with Crippen molar-refractivity contribution in [2.75, 3.05) is 6.54 Å². The zero-order valence-corrected chi connectivity index (χ0v) is 18.5. The van der Waals surface area contributed by atoms with E-state index in [1.807, 2.05) is 48.5 Å². The van der Waals surface area contributed by atoms with Crippen molar-refractivity contribution in [1.82, 2.24) is 4.90 Å². The van der Waals surface area contributed by atoms with Gasteiger partial charge in [-0.15, -0.1) is 0 Å². The summed E-state index contributed by atoms with van der Waals surface area (Å²) in [4.78, 5) is 37.7. The Bertz CT molecular complexity index is 740. The third-order valence-corrected chi connectivity index (χ3v) is 8.43. The molecule has 0 unspecified atom stereocenters. The lowest BCUT2D eigenvalue weighted by molar-refractivity contribution is -0.266. The van der Waals surface area contributed by atoms with Crippen molar-refractivity contribution in [3.05, 3.63) is 0 Å². The van der Waals surface area contributed by atoms with Crippen LogP contribution in [-0.2, 0) is 28.6 Å². The van der Waals surface area contributed by atoms with Crippen molar-refractivity contribution in [2.24, 2.45) is 10.8 Å². The van der Waals surface area contributed by atoms with Crippen molar-refractivity contribution in [3.8, 4) is 0 Å². The monoisotopic (exact) mass is 395 g/mol. The molecule has 3 rings (SSSR count). The number of carbonyl (C=O) groups is 3. The molecule has 0 aromatic carbocycles. The van der Waals surface area contributed by atoms with Crippen LogP contribution in [0.2, 0.25) is 0 Å². The fourth-order valence-electron chi connectivity index (χ4n) is 5.64. The van der Waals surface area contributed by atoms with Crippen molar-refractivity contribution in [3.63, 3.8) is 0 Å². The molecule has 3 heterocycles. The minimum absolute atomic E-state index is 0.142. The number of hydrogen-bond acceptors (Lipinski definition) is 6. The van der Waals surface area contributed by atoms with E-state index in [9.17, 15) is 14.4 Å². The minimum Gasteiger partial charge on any atom is -0.454 e. The number of ether oxygens (including phenoxy) is 3. The third kappa shape index (κ3) is 2.26. The van der Waals surface area contributed by atoms with Gasteiger partial charge in [-0.25, -0.2) is 0 Å². The van der Waals surface area contributed by atoms with Gasteiger partial charge >= 0.3 is 5.97 Å². The van der Waals surface area contributed by atoms with Gasteiger partial charge in [-0.2, -0.15) is 0 Å². The highest BCUT2D eigenvalue weighted by atomic mass is 16.7. The lowest BCUT2D eigenvalue weighted by Crippen LogP contribution is -2.64. The zero-order chi connectivity index (χ0) is 21.6. The summed E-state index contributed by atoms with van der Waals surface area (Å²) < 4.78 is 18.9. The average molecular weight is 395 g/mol. The molecule has 3 atom stereocenters. The van der Waals surface area contributed by atoms with Gasteiger partial charge in [0.2, 0.25) is 11.8 Å². The van der Waals surface area contributed by atoms with Crippen molar-refractivity contribution in [1.29, 1.82) is 0 Å². The Kier molecular flexibility index (Phi) is 4.22. The maximum atomic E-state index is 12.9. The number of amides is 2. The molecule has 0 aliphatic carbocycles. The Morgan fingerprint density at radius 1 is 0.893 bits per heavy atom. The molecule has 7 nitrogen and oxygen atoms in total. The minimum atomic E-state index is -1.06. The summed E-state index contributed by atoms with van der Waals surface area (Å²) in [5, 5.41) is 0. The highest BCUT2D eigenvalue weighted by Crippen LogP contribution is 2.74. The Morgan fingerprint density at radius 3 is 1.86 bits per heavy atom. The summed E-state index contributed by atoms with van der Waals surface area (Å²) in [6.07, 6.45) is 0.283. The normalized spacial score (nSPS) is 40.7. The molecule has 0 N–H and O–H groups in total. The SMILES string of the molecule is CC1(C)O[C@]2(C)OC(C)(C)[C@](C)(OC(=O)CN3C(=O)CCC3=O)[C@]2(C)C1(C)C. The zero-order valence-electron chi connectivity index (χ0n) is 18.5. The standard InChI is InChI=1S/C21H33NO6/c1-16(2)17(3,4)27-21(9)19(16,7)20(8,18(5,6)28-21)26-15(25)12-22-13(23)10-11-14(22)24/h10-12H2,1-9H3/t19-,20-,21+/m0/s1. The summed E-state index contributed by atoms with van der Waals surface area (Å²) in [6, 6.07) is 0. The van der Waals surface area contributed by atoms with E-state index in [0.29, 0.717) is 0 Å². The van der Waals surface area contributed by atoms with Gasteiger partial charge in [0, 0.05) is 18.3 Å². The number of nitrogens with zero attached hydrogens (tertiary/aromatic N) is 1. The predicted octanol–water partition coefficient (Wildman–Crippen LogP) is 2.80. The van der Waals surface area contributed by atoms with E-state index in [1.165, 1.54) is 0 Å². The molecule has 0 aromatic rings. The largest absolute Gasteiger partial charge is 0.454 e. The van der Waals surface area contributed by atoms with Gasteiger partial charge in [-0.1, -0.05) is 13.8 Å². The number of carbonyl (C=O) groups excluding carboxylic acids is 3. The van der Waals surface area contributed by atoms with Gasteiger partial charge in [0.15, 0.2) is 5.79 Å². The van der Waals surface area contributed by atoms with E-state index in [0.717, 1.165) is 4.90 Å². The second-order valence-corrected chi connectivity index (χ2v) is 10.3. The van der Waals surface area contributed by atoms with Gasteiger partial charge in [-0.05, 0) is 48.5 Å². The highest BCUT2D eigenvalue weighted by molar-refractivity contribution is 6.04. The first kappa shape index (κ1) is 21.2. The lowest BCUT2D eigenvalue weighted by atomic mass is 9.51. The van der Waals surface area contributed by atoms with Crippen molar-refractivity contribution < 1.29 is 28.6 Å². The summed E-state index contributed by atoms with van der Waals surface area (Å²) in [6.45, 7) is 17.4. The van der Waals surface area contributed by atoms with Crippen LogP contribution in [-0.4, -0.2) is 51.8 Å². The van der Waals surface area contributed by atoms with Crippen LogP contribution in [0.1, 0.15) is 75.2 Å². The second kappa shape index (κ2) is 5.57. The second-order valence-electron chi connectivity index (χ2n) is 10.3. The van der Waals surface area contributed by atoms with Gasteiger partial charge in [0.25, 0.3) is 0 Å². The quantitative estimate of drug-likeness (QED) is 0.540. The first-order chi connectivity index (χ1) is 12.5. The van der Waals surface area contributed by atoms with E-state index in [2.05, 4.69) is 13.8 Å². The summed E-state index contributed by atoms with van der Waals surface area (Å²) in [7, 11) is 0. The van der Waals surface area contributed by atoms with Crippen LogP contribution >= 0.6 is 0 Å². The number of rotatable bonds is 3. The molecule has 28 heavy (non-hydrogen) atoms. The van der Waals surface area contributed by atoms with E-state index < -0.39 is 39.4 Å². The molecule has 0 aromatic heterocycles. The maximum absolute atomic E-state index is 12.9. The predicted molar refractivity (Wildman–Crippen MR) is 101 cm³/mol. The molecule has 0 bridgehead atoms. The molecule has 3 aliphatic heterocycles. The van der Waals surface area contributed by atoms with Gasteiger partial charge < -0.3 is 14.2 Å². The molecule has 0 radical (unpaired) electrons. The van der Waals surface area contributed by atoms with E-state index in [1.54, 1.807) is 0 Å². The molecule has 3 fully saturated rings. The lowest BCUT2D eigenvalue weighted by Gasteiger charge is -2.53. The Morgan fingerprint density at radius 2 is 1.36 bits per heavy atom. The Balaban J connectivity index is 1.99. The molecule has 3 saturated heterocycles. The smallest absolute Gasteiger partial charge is 0.326 e. The van der Waals surface area contributed by atoms with Gasteiger partial charge in [0.05, 0.1) is 11.0 Å². The summed E-state index contributed by atoms with van der Waals surface area (Å²) >= 11 is 0. The molecular formula is C21H33NO6. The average Bonchev–Trinajstić information content (AvgIpc) is 2.91. The molecule has 158 valence electrons. The molecule has 7 heteroatoms. The van der Waals surface area contributed by atoms with E-state index in [-0.39, 0.29) is 31.2 Å². The number of hydrogen-bond donors (Lipinski definition) is 0. The van der Waals surface area contributed by atoms with Crippen LogP contribution in [0.3, 0.4) is 0 Å². The van der Waals surface area contributed by atoms with Gasteiger partial charge in [-0.3, -0.25) is 19.3 Å². The first-order valence-corrected chi connectivity index (χ1v) is 9.91. The van der Waals surface area contributed by atoms with Crippen LogP contribution in [0.25, 0.3) is 0 Å². The topological polar surface area (TPSA) is 82.1 Å². The molecule has 0 saturated carbocycles. The van der Waals surface area contributed by atoms with E-state index in [4.69, 9.17) is 14.2 Å². The van der Waals surface area contributed by atoms with Crippen LogP contribution in [0, 0.1) is 10.8 Å². The number of esters is 1. The van der Waals surface area contributed by atoms with Crippen LogP contribution < -0.4 is 0 Å². The van der Waals surface area contributed by atoms with Crippen LogP contribution in [0.4, 0.5) is 0 Å². The summed E-state index contributed by atoms with van der Waals surface area (Å²) in [5.74, 6) is -2.27. The van der Waals surface area contributed by atoms with E-state index >= 15 is 0 Å². The Hall–Kier alpha value is -1.47. The van der Waals surface area contributed by atoms with Gasteiger partial charge in [0.1, 0.15) is 17.7 Å². The molecular weight excluding hydrogens is 362 g/mol. The number of fused-ring (bicyclic) bond motifs is 1. The fraction of sp³-hybridized carbons (Fsp3) is 0.857. The van der Waals surface area contributed by atoms with Crippen molar-refractivity contribution >= 4 is 17.8 Å². The molecule has 0 spiro atoms. The van der Waals surface area contributed by atoms with Crippen molar-refractivity contribution in [2.45, 2.75) is 97.7 Å². The first-order valence-electron chi connectivity index (χ1n) is 9.91. The highest BCUT2D eigenvalue weighted by Gasteiger charge is 2.84. The third-order valence-electron chi connectivity index (χ3n) is 8.43. The Labute approximate surface area is 167 Å². The van der Waals surface area contributed by atoms with Crippen LogP contribution in [0.5, 0.6) is 0 Å². The summed E-state index contributed by atoms with van der Waals surface area (Å²) in [5.41, 5.74) is -3.55. The molecule has 3 aliphatic rings. The van der Waals surface area contributed by atoms with Crippen LogP contribution in [0.15, 0.2) is 0 Å². The fourth-order valence-corrected chi connectivity index (χ4v) is 5.64. The maximum Gasteiger partial charge on any atom is 0.326 e. The number of imide groups is 1. The molecule has 2 amide bonds. The number of likely N-dealkylation sites (tertiary alicyclic amines) is 1.